The zero-order valence-electron chi connectivity index (χ0n) is 11.9. The quantitative estimate of drug-likeness (QED) is 0.845. The van der Waals surface area contributed by atoms with E-state index >= 15 is 0 Å². The molecule has 19 heavy (non-hydrogen) atoms. The highest BCUT2D eigenvalue weighted by Crippen LogP contribution is 2.29. The van der Waals surface area contributed by atoms with Gasteiger partial charge in [0.2, 0.25) is 0 Å². The van der Waals surface area contributed by atoms with Crippen molar-refractivity contribution in [2.75, 3.05) is 6.54 Å². The van der Waals surface area contributed by atoms with Crippen LogP contribution in [0.3, 0.4) is 0 Å². The third kappa shape index (κ3) is 2.81. The third-order valence-electron chi connectivity index (χ3n) is 4.06. The smallest absolute Gasteiger partial charge is 0.270 e. The summed E-state index contributed by atoms with van der Waals surface area (Å²) in [6.07, 6.45) is 5.09. The zero-order valence-corrected chi connectivity index (χ0v) is 11.9. The van der Waals surface area contributed by atoms with Crippen LogP contribution < -0.4 is 11.1 Å². The number of hydrogen-bond acceptors (Lipinski definition) is 3. The Morgan fingerprint density at radius 1 is 1.47 bits per heavy atom. The summed E-state index contributed by atoms with van der Waals surface area (Å²) in [6.45, 7) is 5.26. The van der Waals surface area contributed by atoms with E-state index in [1.54, 1.807) is 4.68 Å². The minimum absolute atomic E-state index is 0.0404. The number of aryl methyl sites for hydroxylation is 2. The summed E-state index contributed by atoms with van der Waals surface area (Å²) in [6, 6.07) is 1.89. The number of nitrogens with one attached hydrogen (secondary N) is 1. The Morgan fingerprint density at radius 2 is 2.16 bits per heavy atom. The number of rotatable bonds is 5. The molecule has 1 aromatic heterocycles. The first-order valence-corrected chi connectivity index (χ1v) is 7.23. The van der Waals surface area contributed by atoms with Crippen molar-refractivity contribution in [3.05, 3.63) is 17.5 Å². The van der Waals surface area contributed by atoms with Gasteiger partial charge < -0.3 is 11.1 Å². The van der Waals surface area contributed by atoms with E-state index in [1.165, 1.54) is 0 Å². The van der Waals surface area contributed by atoms with Crippen LogP contribution >= 0.6 is 0 Å². The number of amides is 1. The van der Waals surface area contributed by atoms with Gasteiger partial charge in [0.15, 0.2) is 0 Å². The fourth-order valence-corrected chi connectivity index (χ4v) is 2.80. The van der Waals surface area contributed by atoms with Crippen molar-refractivity contribution in [1.82, 2.24) is 15.1 Å². The maximum atomic E-state index is 12.4. The maximum Gasteiger partial charge on any atom is 0.270 e. The SMILES string of the molecule is CCc1cc(C(=O)NC2(CN)CCCC2)n(CC)n1. The molecule has 0 atom stereocenters. The topological polar surface area (TPSA) is 72.9 Å². The lowest BCUT2D eigenvalue weighted by Crippen LogP contribution is -2.52. The molecule has 1 amide bonds. The van der Waals surface area contributed by atoms with Crippen molar-refractivity contribution < 1.29 is 4.79 Å². The molecule has 0 aromatic carbocycles. The molecule has 106 valence electrons. The minimum atomic E-state index is -0.202. The molecular weight excluding hydrogens is 240 g/mol. The molecule has 1 saturated carbocycles. The van der Waals surface area contributed by atoms with Gasteiger partial charge in [-0.15, -0.1) is 0 Å². The second kappa shape index (κ2) is 5.74. The van der Waals surface area contributed by atoms with E-state index in [0.29, 0.717) is 18.8 Å². The molecule has 1 heterocycles. The Morgan fingerprint density at radius 3 is 2.68 bits per heavy atom. The number of hydrogen-bond donors (Lipinski definition) is 2. The van der Waals surface area contributed by atoms with Gasteiger partial charge in [-0.25, -0.2) is 0 Å². The maximum absolute atomic E-state index is 12.4. The van der Waals surface area contributed by atoms with Gasteiger partial charge in [0, 0.05) is 13.1 Å². The molecule has 1 fully saturated rings. The second-order valence-electron chi connectivity index (χ2n) is 5.34. The second-order valence-corrected chi connectivity index (χ2v) is 5.34. The van der Waals surface area contributed by atoms with E-state index in [0.717, 1.165) is 37.8 Å². The van der Waals surface area contributed by atoms with E-state index in [-0.39, 0.29) is 11.4 Å². The van der Waals surface area contributed by atoms with Crippen LogP contribution in [0.2, 0.25) is 0 Å². The molecule has 0 bridgehead atoms. The zero-order chi connectivity index (χ0) is 13.9. The molecule has 0 radical (unpaired) electrons. The Balaban J connectivity index is 2.17. The van der Waals surface area contributed by atoms with Crippen LogP contribution in [0.15, 0.2) is 6.07 Å². The van der Waals surface area contributed by atoms with Crippen molar-refractivity contribution in [2.24, 2.45) is 5.73 Å². The molecule has 0 saturated heterocycles. The van der Waals surface area contributed by atoms with Gasteiger partial charge in [-0.1, -0.05) is 19.8 Å². The van der Waals surface area contributed by atoms with Crippen LogP contribution in [-0.4, -0.2) is 27.8 Å². The summed E-state index contributed by atoms with van der Waals surface area (Å²) < 4.78 is 1.77. The number of nitrogens with zero attached hydrogens (tertiary/aromatic N) is 2. The van der Waals surface area contributed by atoms with Gasteiger partial charge in [-0.2, -0.15) is 5.10 Å². The molecule has 0 aliphatic heterocycles. The van der Waals surface area contributed by atoms with Crippen molar-refractivity contribution in [2.45, 2.75) is 58.0 Å². The Kier molecular flexibility index (Phi) is 4.24. The fourth-order valence-electron chi connectivity index (χ4n) is 2.80. The molecule has 0 unspecified atom stereocenters. The van der Waals surface area contributed by atoms with E-state index in [9.17, 15) is 4.79 Å². The van der Waals surface area contributed by atoms with Crippen molar-refractivity contribution >= 4 is 5.91 Å². The highest BCUT2D eigenvalue weighted by atomic mass is 16.2. The number of carbonyl (C=O) groups excluding carboxylic acids is 1. The van der Waals surface area contributed by atoms with Gasteiger partial charge in [-0.3, -0.25) is 9.48 Å². The van der Waals surface area contributed by atoms with Crippen molar-refractivity contribution in [3.8, 4) is 0 Å². The molecular formula is C14H24N4O. The van der Waals surface area contributed by atoms with Crippen LogP contribution in [0.4, 0.5) is 0 Å². The molecule has 3 N–H and O–H groups in total. The Bertz CT molecular complexity index is 446. The molecule has 5 nitrogen and oxygen atoms in total. The largest absolute Gasteiger partial charge is 0.344 e. The van der Waals surface area contributed by atoms with Crippen LogP contribution in [0.25, 0.3) is 0 Å². The lowest BCUT2D eigenvalue weighted by Gasteiger charge is -2.28. The van der Waals surface area contributed by atoms with Gasteiger partial charge in [0.25, 0.3) is 5.91 Å². The van der Waals surface area contributed by atoms with Gasteiger partial charge >= 0.3 is 0 Å². The summed E-state index contributed by atoms with van der Waals surface area (Å²) in [5, 5.41) is 7.56. The first kappa shape index (κ1) is 14.1. The van der Waals surface area contributed by atoms with Gasteiger partial charge in [-0.05, 0) is 32.3 Å². The van der Waals surface area contributed by atoms with Crippen LogP contribution in [-0.2, 0) is 13.0 Å². The average molecular weight is 264 g/mol. The predicted molar refractivity (Wildman–Crippen MR) is 75.0 cm³/mol. The van der Waals surface area contributed by atoms with Crippen LogP contribution in [0.1, 0.15) is 55.7 Å². The van der Waals surface area contributed by atoms with E-state index in [1.807, 2.05) is 19.9 Å². The average Bonchev–Trinajstić information content (AvgIpc) is 3.05. The van der Waals surface area contributed by atoms with Gasteiger partial charge in [0.1, 0.15) is 5.69 Å². The van der Waals surface area contributed by atoms with Crippen molar-refractivity contribution in [1.29, 1.82) is 0 Å². The standard InChI is InChI=1S/C14H24N4O/c1-3-11-9-12(18(4-2)17-11)13(19)16-14(10-15)7-5-6-8-14/h9H,3-8,10,15H2,1-2H3,(H,16,19). The normalized spacial score (nSPS) is 17.6. The van der Waals surface area contributed by atoms with Crippen molar-refractivity contribution in [3.63, 3.8) is 0 Å². The Labute approximate surface area is 114 Å². The Hall–Kier alpha value is -1.36. The summed E-state index contributed by atoms with van der Waals surface area (Å²) in [4.78, 5) is 12.4. The highest BCUT2D eigenvalue weighted by Gasteiger charge is 2.34. The number of aromatic nitrogens is 2. The summed E-state index contributed by atoms with van der Waals surface area (Å²) in [5.41, 5.74) is 7.27. The third-order valence-corrected chi connectivity index (χ3v) is 4.06. The minimum Gasteiger partial charge on any atom is -0.344 e. The number of carbonyl (C=O) groups is 1. The number of nitrogens with two attached hydrogens (primary N) is 1. The van der Waals surface area contributed by atoms with Gasteiger partial charge in [0.05, 0.1) is 11.2 Å². The van der Waals surface area contributed by atoms with Crippen LogP contribution in [0.5, 0.6) is 0 Å². The summed E-state index contributed by atoms with van der Waals surface area (Å²) >= 11 is 0. The van der Waals surface area contributed by atoms with E-state index in [2.05, 4.69) is 10.4 Å². The molecule has 1 aromatic rings. The van der Waals surface area contributed by atoms with E-state index in [4.69, 9.17) is 5.73 Å². The monoisotopic (exact) mass is 264 g/mol. The molecule has 1 aliphatic carbocycles. The predicted octanol–water partition coefficient (Wildman–Crippen LogP) is 1.47. The van der Waals surface area contributed by atoms with Crippen LogP contribution in [0, 0.1) is 0 Å². The first-order valence-electron chi connectivity index (χ1n) is 7.23. The fraction of sp³-hybridized carbons (Fsp3) is 0.714. The first-order chi connectivity index (χ1) is 9.14. The molecule has 0 spiro atoms. The summed E-state index contributed by atoms with van der Waals surface area (Å²) in [5.74, 6) is -0.0404. The molecule has 1 aliphatic rings. The van der Waals surface area contributed by atoms with E-state index < -0.39 is 0 Å². The highest BCUT2D eigenvalue weighted by molar-refractivity contribution is 5.93. The summed E-state index contributed by atoms with van der Waals surface area (Å²) in [7, 11) is 0. The molecule has 2 rings (SSSR count). The lowest BCUT2D eigenvalue weighted by atomic mass is 9.97. The lowest BCUT2D eigenvalue weighted by molar-refractivity contribution is 0.0892. The molecule has 5 heteroatoms.